The molecule has 3 rings (SSSR count). The third-order valence-electron chi connectivity index (χ3n) is 5.32. The van der Waals surface area contributed by atoms with Gasteiger partial charge in [0.1, 0.15) is 11.5 Å². The number of sulfone groups is 1. The number of carbonyl (C=O) groups excluding carboxylic acids is 2. The van der Waals surface area contributed by atoms with E-state index in [-0.39, 0.29) is 10.5 Å². The number of aryl methyl sites for hydroxylation is 1. The molecule has 2 amide bonds. The number of non-ortho nitro benzene ring substituents is 1. The summed E-state index contributed by atoms with van der Waals surface area (Å²) in [6.45, 7) is 7.35. The molecule has 32 heavy (non-hydrogen) atoms. The second-order valence-corrected chi connectivity index (χ2v) is 11.4. The Morgan fingerprint density at radius 2 is 1.88 bits per heavy atom. The van der Waals surface area contributed by atoms with E-state index in [1.807, 2.05) is 20.8 Å². The lowest BCUT2D eigenvalue weighted by atomic mass is 9.92. The van der Waals surface area contributed by atoms with Gasteiger partial charge in [0.15, 0.2) is 14.6 Å². The molecule has 0 saturated carbocycles. The number of hydrogen-bond donors (Lipinski definition) is 0. The highest BCUT2D eigenvalue weighted by Gasteiger charge is 2.29. The van der Waals surface area contributed by atoms with Gasteiger partial charge in [-0.25, -0.2) is 8.42 Å². The summed E-state index contributed by atoms with van der Waals surface area (Å²) < 4.78 is 27.2. The van der Waals surface area contributed by atoms with Gasteiger partial charge in [0, 0.05) is 31.8 Å². The van der Waals surface area contributed by atoms with Crippen molar-refractivity contribution in [3.63, 3.8) is 0 Å². The van der Waals surface area contributed by atoms with E-state index >= 15 is 0 Å². The first-order valence-corrected chi connectivity index (χ1v) is 13.0. The number of carbonyl (C=O) groups is 2. The first-order chi connectivity index (χ1) is 15.0. The summed E-state index contributed by atoms with van der Waals surface area (Å²) in [5, 5.41) is 11.0. The van der Waals surface area contributed by atoms with Crippen molar-refractivity contribution in [1.82, 2.24) is 9.47 Å². The van der Waals surface area contributed by atoms with Crippen LogP contribution in [0.2, 0.25) is 0 Å². The summed E-state index contributed by atoms with van der Waals surface area (Å²) in [6.07, 6.45) is 0.990. The molecule has 2 atom stereocenters. The van der Waals surface area contributed by atoms with Crippen molar-refractivity contribution in [1.29, 1.82) is 0 Å². The summed E-state index contributed by atoms with van der Waals surface area (Å²) in [6, 6.07) is 4.34. The van der Waals surface area contributed by atoms with Gasteiger partial charge in [-0.2, -0.15) is 4.99 Å². The molecular weight excluding hydrogens is 456 g/mol. The molecule has 0 spiro atoms. The van der Waals surface area contributed by atoms with Crippen LogP contribution in [0.1, 0.15) is 27.2 Å². The molecule has 174 valence electrons. The third-order valence-corrected chi connectivity index (χ3v) is 7.74. The molecule has 1 aromatic heterocycles. The van der Waals surface area contributed by atoms with Gasteiger partial charge in [-0.05, 0) is 31.2 Å². The molecule has 2 unspecified atom stereocenters. The number of amides is 2. The zero-order valence-corrected chi connectivity index (χ0v) is 19.8. The van der Waals surface area contributed by atoms with Crippen molar-refractivity contribution in [2.75, 3.05) is 24.6 Å². The molecule has 12 heteroatoms. The van der Waals surface area contributed by atoms with E-state index in [1.54, 1.807) is 15.5 Å². The average molecular weight is 483 g/mol. The standard InChI is InChI=1S/C20H26N4O6S2/c1-4-23-16-6-5-15(24(27)28)8-17(16)31-20(23)21-18(25)11-32(29,30)12-19(26)22-9-13(2)7-14(3)10-22/h5-6,8,13-14H,4,7,9-12H2,1-3H3. The molecule has 1 fully saturated rings. The number of nitrogens with zero attached hydrogens (tertiary/aromatic N) is 4. The van der Waals surface area contributed by atoms with Crippen LogP contribution in [-0.4, -0.2) is 59.2 Å². The van der Waals surface area contributed by atoms with Crippen LogP contribution in [0.5, 0.6) is 0 Å². The summed E-state index contributed by atoms with van der Waals surface area (Å²) >= 11 is 1.07. The largest absolute Gasteiger partial charge is 0.341 e. The minimum atomic E-state index is -3.98. The highest BCUT2D eigenvalue weighted by molar-refractivity contribution is 7.92. The molecule has 1 aliphatic rings. The van der Waals surface area contributed by atoms with Crippen molar-refractivity contribution in [3.8, 4) is 0 Å². The number of nitro groups is 1. The van der Waals surface area contributed by atoms with E-state index in [4.69, 9.17) is 0 Å². The monoisotopic (exact) mass is 482 g/mol. The molecule has 0 N–H and O–H groups in total. The van der Waals surface area contributed by atoms with Crippen LogP contribution in [0, 0.1) is 22.0 Å². The highest BCUT2D eigenvalue weighted by atomic mass is 32.2. The molecule has 2 aromatic rings. The van der Waals surface area contributed by atoms with E-state index in [0.29, 0.717) is 41.7 Å². The maximum Gasteiger partial charge on any atom is 0.270 e. The Balaban J connectivity index is 1.78. The smallest absolute Gasteiger partial charge is 0.270 e. The molecule has 0 radical (unpaired) electrons. The predicted molar refractivity (Wildman–Crippen MR) is 121 cm³/mol. The van der Waals surface area contributed by atoms with Crippen LogP contribution in [0.25, 0.3) is 10.2 Å². The summed E-state index contributed by atoms with van der Waals surface area (Å²) in [4.78, 5) is 41.2. The summed E-state index contributed by atoms with van der Waals surface area (Å²) in [5.41, 5.74) is 0.586. The number of fused-ring (bicyclic) bond motifs is 1. The highest BCUT2D eigenvalue weighted by Crippen LogP contribution is 2.23. The molecule has 0 bridgehead atoms. The number of benzene rings is 1. The normalized spacial score (nSPS) is 20.0. The second kappa shape index (κ2) is 9.49. The predicted octanol–water partition coefficient (Wildman–Crippen LogP) is 1.98. The molecule has 1 aromatic carbocycles. The Kier molecular flexibility index (Phi) is 7.13. The minimum absolute atomic E-state index is 0.0812. The number of thiazole rings is 1. The first-order valence-electron chi connectivity index (χ1n) is 10.3. The van der Waals surface area contributed by atoms with Crippen molar-refractivity contribution < 1.29 is 22.9 Å². The van der Waals surface area contributed by atoms with Gasteiger partial charge in [-0.3, -0.25) is 19.7 Å². The van der Waals surface area contributed by atoms with Gasteiger partial charge >= 0.3 is 0 Å². The van der Waals surface area contributed by atoms with Crippen molar-refractivity contribution in [2.45, 2.75) is 33.7 Å². The maximum atomic E-state index is 12.5. The summed E-state index contributed by atoms with van der Waals surface area (Å²) in [7, 11) is -3.98. The zero-order chi connectivity index (χ0) is 23.6. The Labute approximate surface area is 189 Å². The van der Waals surface area contributed by atoms with Crippen LogP contribution < -0.4 is 4.80 Å². The van der Waals surface area contributed by atoms with Crippen LogP contribution in [0.15, 0.2) is 23.2 Å². The van der Waals surface area contributed by atoms with E-state index in [9.17, 15) is 28.1 Å². The first kappa shape index (κ1) is 24.1. The average Bonchev–Trinajstić information content (AvgIpc) is 3.01. The van der Waals surface area contributed by atoms with Crippen LogP contribution in [0.4, 0.5) is 5.69 Å². The number of piperidine rings is 1. The topological polar surface area (TPSA) is 132 Å². The minimum Gasteiger partial charge on any atom is -0.341 e. The van der Waals surface area contributed by atoms with Crippen molar-refractivity contribution in [3.05, 3.63) is 33.1 Å². The Morgan fingerprint density at radius 3 is 2.47 bits per heavy atom. The van der Waals surface area contributed by atoms with Gasteiger partial charge in [-0.1, -0.05) is 25.2 Å². The lowest BCUT2D eigenvalue weighted by Gasteiger charge is -2.34. The SMILES string of the molecule is CCn1c(=NC(=O)CS(=O)(=O)CC(=O)N2CC(C)CC(C)C2)sc2cc([N+](=O)[O-])ccc21. The Bertz CT molecular complexity index is 1220. The fourth-order valence-corrected chi connectivity index (χ4v) is 6.34. The van der Waals surface area contributed by atoms with Gasteiger partial charge in [0.05, 0.1) is 15.1 Å². The van der Waals surface area contributed by atoms with Gasteiger partial charge < -0.3 is 9.47 Å². The number of nitro benzene ring substituents is 1. The molecule has 1 aliphatic heterocycles. The quantitative estimate of drug-likeness (QED) is 0.457. The van der Waals surface area contributed by atoms with Crippen LogP contribution in [-0.2, 0) is 26.0 Å². The van der Waals surface area contributed by atoms with Gasteiger partial charge in [0.2, 0.25) is 5.91 Å². The van der Waals surface area contributed by atoms with E-state index < -0.39 is 38.1 Å². The van der Waals surface area contributed by atoms with Gasteiger partial charge in [0.25, 0.3) is 11.6 Å². The van der Waals surface area contributed by atoms with E-state index in [1.165, 1.54) is 12.1 Å². The van der Waals surface area contributed by atoms with Crippen molar-refractivity contribution >= 4 is 48.9 Å². The number of likely N-dealkylation sites (tertiary alicyclic amines) is 1. The second-order valence-electron chi connectivity index (χ2n) is 8.32. The van der Waals surface area contributed by atoms with Crippen LogP contribution in [0.3, 0.4) is 0 Å². The maximum absolute atomic E-state index is 12.5. The number of hydrogen-bond acceptors (Lipinski definition) is 7. The van der Waals surface area contributed by atoms with E-state index in [0.717, 1.165) is 17.8 Å². The molecule has 1 saturated heterocycles. The Hall–Kier alpha value is -2.60. The molecular formula is C20H26N4O6S2. The van der Waals surface area contributed by atoms with E-state index in [2.05, 4.69) is 4.99 Å². The lowest BCUT2D eigenvalue weighted by molar-refractivity contribution is -0.384. The third kappa shape index (κ3) is 5.60. The Morgan fingerprint density at radius 1 is 1.22 bits per heavy atom. The fourth-order valence-electron chi connectivity index (χ4n) is 4.09. The van der Waals surface area contributed by atoms with Crippen LogP contribution >= 0.6 is 11.3 Å². The van der Waals surface area contributed by atoms with Crippen molar-refractivity contribution in [2.24, 2.45) is 16.8 Å². The fraction of sp³-hybridized carbons (Fsp3) is 0.550. The summed E-state index contributed by atoms with van der Waals surface area (Å²) in [5.74, 6) is -2.35. The molecule has 0 aliphatic carbocycles. The van der Waals surface area contributed by atoms with Gasteiger partial charge in [-0.15, -0.1) is 0 Å². The number of rotatable bonds is 6. The number of aromatic nitrogens is 1. The molecule has 10 nitrogen and oxygen atoms in total. The lowest BCUT2D eigenvalue weighted by Crippen LogP contribution is -2.45. The zero-order valence-electron chi connectivity index (χ0n) is 18.2. The molecule has 2 heterocycles.